The summed E-state index contributed by atoms with van der Waals surface area (Å²) in [7, 11) is 1.52. The number of rotatable bonds is 8. The summed E-state index contributed by atoms with van der Waals surface area (Å²) in [6.45, 7) is 9.06. The Morgan fingerprint density at radius 3 is 2.26 bits per heavy atom. The van der Waals surface area contributed by atoms with Crippen molar-refractivity contribution in [2.75, 3.05) is 18.1 Å². The Bertz CT molecular complexity index is 1030. The number of aryl methyl sites for hydroxylation is 2. The van der Waals surface area contributed by atoms with Gasteiger partial charge in [0.15, 0.2) is 0 Å². The standard InChI is InChI=1S/C26H34ClN3O4S/c1-7-17-11-13-18(14-12-17)22(23(31)29-21-16(2)9-8-10-19(21)27)30(6)24(32)20(15-35)28-25(33)34-26(3,4)5/h8-14,20,22,35H,7,15H2,1-6H3,(H,28,33)(H,29,31). The highest BCUT2D eigenvalue weighted by molar-refractivity contribution is 7.80. The Labute approximate surface area is 218 Å². The normalized spacial score (nSPS) is 12.9. The molecule has 2 N–H and O–H groups in total. The summed E-state index contributed by atoms with van der Waals surface area (Å²) in [6, 6.07) is 10.8. The van der Waals surface area contributed by atoms with E-state index in [1.807, 2.05) is 44.2 Å². The van der Waals surface area contributed by atoms with E-state index in [1.165, 1.54) is 11.9 Å². The number of thiol groups is 1. The van der Waals surface area contributed by atoms with Gasteiger partial charge in [0.25, 0.3) is 5.91 Å². The van der Waals surface area contributed by atoms with Gasteiger partial charge in [0.2, 0.25) is 5.91 Å². The number of hydrogen-bond acceptors (Lipinski definition) is 5. The van der Waals surface area contributed by atoms with Crippen molar-refractivity contribution in [3.8, 4) is 0 Å². The van der Waals surface area contributed by atoms with Crippen molar-refractivity contribution in [3.63, 3.8) is 0 Å². The smallest absolute Gasteiger partial charge is 0.408 e. The topological polar surface area (TPSA) is 87.7 Å². The number of benzene rings is 2. The zero-order valence-corrected chi connectivity index (χ0v) is 22.7. The fourth-order valence-corrected chi connectivity index (χ4v) is 3.99. The molecule has 0 aliphatic heterocycles. The quantitative estimate of drug-likeness (QED) is 0.420. The molecule has 3 amide bonds. The number of carbonyl (C=O) groups excluding carboxylic acids is 3. The second-order valence-electron chi connectivity index (χ2n) is 9.25. The first-order valence-electron chi connectivity index (χ1n) is 11.4. The molecule has 0 aliphatic rings. The number of anilines is 1. The van der Waals surface area contributed by atoms with Crippen LogP contribution in [0.5, 0.6) is 0 Å². The van der Waals surface area contributed by atoms with E-state index in [9.17, 15) is 14.4 Å². The summed E-state index contributed by atoms with van der Waals surface area (Å²) in [5.74, 6) is -0.896. The molecular formula is C26H34ClN3O4S. The molecule has 2 unspecified atom stereocenters. The van der Waals surface area contributed by atoms with Gasteiger partial charge in [0, 0.05) is 12.8 Å². The van der Waals surface area contributed by atoms with Crippen molar-refractivity contribution in [2.45, 2.75) is 58.7 Å². The van der Waals surface area contributed by atoms with Gasteiger partial charge >= 0.3 is 6.09 Å². The molecule has 0 aliphatic carbocycles. The minimum absolute atomic E-state index is 0.0230. The molecule has 0 fully saturated rings. The van der Waals surface area contributed by atoms with Crippen LogP contribution >= 0.6 is 24.2 Å². The maximum atomic E-state index is 13.5. The Kier molecular flexibility index (Phi) is 10.0. The monoisotopic (exact) mass is 519 g/mol. The second-order valence-corrected chi connectivity index (χ2v) is 10.0. The van der Waals surface area contributed by atoms with Crippen molar-refractivity contribution in [1.29, 1.82) is 0 Å². The molecular weight excluding hydrogens is 486 g/mol. The highest BCUT2D eigenvalue weighted by atomic mass is 35.5. The van der Waals surface area contributed by atoms with Crippen LogP contribution in [0.4, 0.5) is 10.5 Å². The summed E-state index contributed by atoms with van der Waals surface area (Å²) in [5.41, 5.74) is 2.27. The van der Waals surface area contributed by atoms with Gasteiger partial charge in [-0.3, -0.25) is 9.59 Å². The molecule has 0 heterocycles. The Morgan fingerprint density at radius 1 is 1.11 bits per heavy atom. The number of ether oxygens (including phenoxy) is 1. The van der Waals surface area contributed by atoms with Crippen LogP contribution < -0.4 is 10.6 Å². The third-order valence-corrected chi connectivity index (χ3v) is 6.01. The van der Waals surface area contributed by atoms with Crippen LogP contribution in [0, 0.1) is 6.92 Å². The van der Waals surface area contributed by atoms with E-state index in [-0.39, 0.29) is 5.75 Å². The summed E-state index contributed by atoms with van der Waals surface area (Å²) in [6.07, 6.45) is 0.102. The molecule has 7 nitrogen and oxygen atoms in total. The van der Waals surface area contributed by atoms with Crippen LogP contribution in [0.2, 0.25) is 5.02 Å². The largest absolute Gasteiger partial charge is 0.444 e. The Morgan fingerprint density at radius 2 is 1.74 bits per heavy atom. The average Bonchev–Trinajstić information content (AvgIpc) is 2.79. The van der Waals surface area contributed by atoms with Gasteiger partial charge in [-0.15, -0.1) is 0 Å². The average molecular weight is 520 g/mol. The van der Waals surface area contributed by atoms with E-state index in [0.29, 0.717) is 16.3 Å². The number of halogens is 1. The lowest BCUT2D eigenvalue weighted by Crippen LogP contribution is -2.52. The molecule has 2 aromatic carbocycles. The van der Waals surface area contributed by atoms with Crippen LogP contribution in [0.25, 0.3) is 0 Å². The maximum Gasteiger partial charge on any atom is 0.408 e. The van der Waals surface area contributed by atoms with E-state index in [1.54, 1.807) is 32.9 Å². The van der Waals surface area contributed by atoms with Crippen molar-refractivity contribution >= 4 is 47.8 Å². The molecule has 35 heavy (non-hydrogen) atoms. The van der Waals surface area contributed by atoms with Crippen LogP contribution in [0.1, 0.15) is 50.4 Å². The Balaban J connectivity index is 2.37. The number of amides is 3. The summed E-state index contributed by atoms with van der Waals surface area (Å²) in [4.78, 5) is 40.5. The minimum Gasteiger partial charge on any atom is -0.444 e. The van der Waals surface area contributed by atoms with E-state index < -0.39 is 35.6 Å². The van der Waals surface area contributed by atoms with E-state index >= 15 is 0 Å². The van der Waals surface area contributed by atoms with Crippen molar-refractivity contribution in [1.82, 2.24) is 10.2 Å². The molecule has 2 atom stereocenters. The van der Waals surface area contributed by atoms with Crippen LogP contribution in [0.15, 0.2) is 42.5 Å². The van der Waals surface area contributed by atoms with Gasteiger partial charge in [-0.25, -0.2) is 4.79 Å². The van der Waals surface area contributed by atoms with E-state index in [2.05, 4.69) is 23.3 Å². The third-order valence-electron chi connectivity index (χ3n) is 5.33. The third kappa shape index (κ3) is 7.90. The van der Waals surface area contributed by atoms with Crippen LogP contribution in [0.3, 0.4) is 0 Å². The number of likely N-dealkylation sites (N-methyl/N-ethyl adjacent to an activating group) is 1. The van der Waals surface area contributed by atoms with Gasteiger partial charge in [-0.05, 0) is 56.9 Å². The summed E-state index contributed by atoms with van der Waals surface area (Å²) < 4.78 is 5.27. The van der Waals surface area contributed by atoms with Gasteiger partial charge < -0.3 is 20.3 Å². The number of nitrogens with one attached hydrogen (secondary N) is 2. The molecule has 0 saturated carbocycles. The lowest BCUT2D eigenvalue weighted by atomic mass is 10.0. The first-order valence-corrected chi connectivity index (χ1v) is 12.4. The van der Waals surface area contributed by atoms with Crippen molar-refractivity contribution in [2.24, 2.45) is 0 Å². The maximum absolute atomic E-state index is 13.5. The SMILES string of the molecule is CCc1ccc(C(C(=O)Nc2c(C)cccc2Cl)N(C)C(=O)C(CS)NC(=O)OC(C)(C)C)cc1. The molecule has 0 spiro atoms. The summed E-state index contributed by atoms with van der Waals surface area (Å²) in [5, 5.41) is 5.82. The highest BCUT2D eigenvalue weighted by Gasteiger charge is 2.34. The summed E-state index contributed by atoms with van der Waals surface area (Å²) >= 11 is 10.6. The predicted molar refractivity (Wildman–Crippen MR) is 143 cm³/mol. The number of carbonyl (C=O) groups is 3. The lowest BCUT2D eigenvalue weighted by molar-refractivity contribution is -0.138. The molecule has 0 saturated heterocycles. The molecule has 0 bridgehead atoms. The van der Waals surface area contributed by atoms with Gasteiger partial charge in [-0.2, -0.15) is 12.6 Å². The fraction of sp³-hybridized carbons (Fsp3) is 0.423. The first kappa shape index (κ1) is 28.5. The van der Waals surface area contributed by atoms with Gasteiger partial charge in [0.05, 0.1) is 10.7 Å². The van der Waals surface area contributed by atoms with Crippen molar-refractivity contribution < 1.29 is 19.1 Å². The molecule has 0 aromatic heterocycles. The van der Waals surface area contributed by atoms with Gasteiger partial charge in [0.1, 0.15) is 17.7 Å². The number of hydrogen-bond donors (Lipinski definition) is 3. The van der Waals surface area contributed by atoms with E-state index in [0.717, 1.165) is 17.5 Å². The molecule has 2 aromatic rings. The minimum atomic E-state index is -0.995. The zero-order valence-electron chi connectivity index (χ0n) is 21.0. The van der Waals surface area contributed by atoms with Crippen LogP contribution in [-0.2, 0) is 20.7 Å². The number of para-hydroxylation sites is 1. The Hall–Kier alpha value is -2.71. The zero-order chi connectivity index (χ0) is 26.3. The molecule has 9 heteroatoms. The lowest BCUT2D eigenvalue weighted by Gasteiger charge is -2.31. The van der Waals surface area contributed by atoms with Gasteiger partial charge in [-0.1, -0.05) is 54.9 Å². The molecule has 0 radical (unpaired) electrons. The first-order chi connectivity index (χ1) is 16.4. The predicted octanol–water partition coefficient (Wildman–Crippen LogP) is 5.17. The molecule has 2 rings (SSSR count). The van der Waals surface area contributed by atoms with Crippen LogP contribution in [-0.4, -0.2) is 47.3 Å². The highest BCUT2D eigenvalue weighted by Crippen LogP contribution is 2.29. The number of nitrogens with zero attached hydrogens (tertiary/aromatic N) is 1. The van der Waals surface area contributed by atoms with E-state index in [4.69, 9.17) is 16.3 Å². The molecule has 190 valence electrons. The number of alkyl carbamates (subject to hydrolysis) is 1. The van der Waals surface area contributed by atoms with Crippen molar-refractivity contribution in [3.05, 3.63) is 64.2 Å². The second kappa shape index (κ2) is 12.3. The fourth-order valence-electron chi connectivity index (χ4n) is 3.48.